The summed E-state index contributed by atoms with van der Waals surface area (Å²) in [6, 6.07) is 2.37. The van der Waals surface area contributed by atoms with E-state index in [1.54, 1.807) is 0 Å². The molecule has 3 nitrogen and oxygen atoms in total. The number of halogens is 4. The topological polar surface area (TPSA) is 54.4 Å². The van der Waals surface area contributed by atoms with Crippen molar-refractivity contribution in [3.8, 4) is 0 Å². The average molecular weight is 250 g/mol. The Morgan fingerprint density at radius 2 is 1.82 bits per heavy atom. The second-order valence-corrected chi connectivity index (χ2v) is 3.18. The number of carbonyl (C=O) groups is 2. The third-order valence-corrected chi connectivity index (χ3v) is 1.97. The molecule has 0 atom stereocenters. The molecule has 0 amide bonds. The number of Topliss-reactive ketones (excluding diaryl/α,β-unsaturated/α-hetero) is 1. The van der Waals surface area contributed by atoms with Crippen molar-refractivity contribution < 1.29 is 32.3 Å². The average Bonchev–Trinajstić information content (AvgIpc) is 2.19. The van der Waals surface area contributed by atoms with Gasteiger partial charge in [0.1, 0.15) is 5.82 Å². The van der Waals surface area contributed by atoms with E-state index in [0.29, 0.717) is 6.07 Å². The molecule has 1 aromatic carbocycles. The number of hydrogen-bond donors (Lipinski definition) is 1. The molecule has 92 valence electrons. The van der Waals surface area contributed by atoms with Crippen LogP contribution in [0.3, 0.4) is 0 Å². The molecule has 0 aliphatic carbocycles. The van der Waals surface area contributed by atoms with E-state index in [0.717, 1.165) is 12.1 Å². The maximum atomic E-state index is 13.3. The van der Waals surface area contributed by atoms with E-state index in [4.69, 9.17) is 5.11 Å². The van der Waals surface area contributed by atoms with E-state index < -0.39 is 41.3 Å². The molecule has 0 aliphatic heterocycles. The third kappa shape index (κ3) is 3.02. The predicted octanol–water partition coefficient (Wildman–Crippen LogP) is 2.04. The summed E-state index contributed by atoms with van der Waals surface area (Å²) in [5.74, 6) is -4.81. The SMILES string of the molecule is O=C(O)C(=O)Cc1cccc(C(F)(F)F)c1F. The van der Waals surface area contributed by atoms with Gasteiger partial charge in [-0.25, -0.2) is 9.18 Å². The lowest BCUT2D eigenvalue weighted by molar-refractivity contribution is -0.148. The van der Waals surface area contributed by atoms with Crippen LogP contribution in [-0.2, 0) is 22.2 Å². The Labute approximate surface area is 92.7 Å². The molecule has 0 radical (unpaired) electrons. The number of carboxylic acids is 1. The van der Waals surface area contributed by atoms with Crippen molar-refractivity contribution in [3.63, 3.8) is 0 Å². The molecule has 17 heavy (non-hydrogen) atoms. The summed E-state index contributed by atoms with van der Waals surface area (Å²) in [6.45, 7) is 0. The third-order valence-electron chi connectivity index (χ3n) is 1.97. The number of carboxylic acid groups (broad SMARTS) is 1. The zero-order valence-electron chi connectivity index (χ0n) is 8.21. The van der Waals surface area contributed by atoms with Gasteiger partial charge >= 0.3 is 12.1 Å². The molecule has 0 spiro atoms. The fourth-order valence-electron chi connectivity index (χ4n) is 1.18. The van der Waals surface area contributed by atoms with E-state index >= 15 is 0 Å². The van der Waals surface area contributed by atoms with Crippen LogP contribution in [0.5, 0.6) is 0 Å². The minimum atomic E-state index is -4.88. The number of hydrogen-bond acceptors (Lipinski definition) is 2. The zero-order valence-corrected chi connectivity index (χ0v) is 8.21. The van der Waals surface area contributed by atoms with Crippen molar-refractivity contribution in [2.24, 2.45) is 0 Å². The summed E-state index contributed by atoms with van der Waals surface area (Å²) >= 11 is 0. The summed E-state index contributed by atoms with van der Waals surface area (Å²) in [5, 5.41) is 8.27. The number of alkyl halides is 3. The molecule has 1 rings (SSSR count). The van der Waals surface area contributed by atoms with Crippen LogP contribution in [-0.4, -0.2) is 16.9 Å². The summed E-state index contributed by atoms with van der Waals surface area (Å²) < 4.78 is 50.2. The van der Waals surface area contributed by atoms with E-state index in [-0.39, 0.29) is 0 Å². The highest BCUT2D eigenvalue weighted by Crippen LogP contribution is 2.32. The molecule has 0 aromatic heterocycles. The predicted molar refractivity (Wildman–Crippen MR) is 47.7 cm³/mol. The first-order valence-electron chi connectivity index (χ1n) is 4.34. The second-order valence-electron chi connectivity index (χ2n) is 3.18. The van der Waals surface area contributed by atoms with Gasteiger partial charge in [-0.3, -0.25) is 4.79 Å². The van der Waals surface area contributed by atoms with E-state index in [9.17, 15) is 27.2 Å². The molecule has 0 heterocycles. The minimum Gasteiger partial charge on any atom is -0.475 e. The Morgan fingerprint density at radius 1 is 1.24 bits per heavy atom. The first kappa shape index (κ1) is 13.1. The fraction of sp³-hybridized carbons (Fsp3) is 0.200. The highest BCUT2D eigenvalue weighted by atomic mass is 19.4. The lowest BCUT2D eigenvalue weighted by Gasteiger charge is -2.10. The van der Waals surface area contributed by atoms with Crippen LogP contribution in [0.1, 0.15) is 11.1 Å². The van der Waals surface area contributed by atoms with Gasteiger partial charge in [0.15, 0.2) is 0 Å². The van der Waals surface area contributed by atoms with Crippen molar-refractivity contribution in [1.82, 2.24) is 0 Å². The van der Waals surface area contributed by atoms with E-state index in [2.05, 4.69) is 0 Å². The molecule has 0 aliphatic rings. The lowest BCUT2D eigenvalue weighted by atomic mass is 10.0. The quantitative estimate of drug-likeness (QED) is 0.659. The van der Waals surface area contributed by atoms with Gasteiger partial charge in [0, 0.05) is 6.42 Å². The van der Waals surface area contributed by atoms with Gasteiger partial charge in [0.05, 0.1) is 5.56 Å². The van der Waals surface area contributed by atoms with Crippen molar-refractivity contribution in [2.45, 2.75) is 12.6 Å². The first-order valence-corrected chi connectivity index (χ1v) is 4.34. The van der Waals surface area contributed by atoms with Gasteiger partial charge in [-0.05, 0) is 11.6 Å². The van der Waals surface area contributed by atoms with Gasteiger partial charge < -0.3 is 5.11 Å². The number of ketones is 1. The van der Waals surface area contributed by atoms with Crippen molar-refractivity contribution in [1.29, 1.82) is 0 Å². The first-order chi connectivity index (χ1) is 7.73. The Morgan fingerprint density at radius 3 is 2.29 bits per heavy atom. The molecule has 0 saturated heterocycles. The number of rotatable bonds is 3. The minimum absolute atomic E-state index is 0.518. The molecule has 0 saturated carbocycles. The zero-order chi connectivity index (χ0) is 13.2. The van der Waals surface area contributed by atoms with E-state index in [1.165, 1.54) is 0 Å². The second kappa shape index (κ2) is 4.52. The fourth-order valence-corrected chi connectivity index (χ4v) is 1.18. The van der Waals surface area contributed by atoms with Crippen LogP contribution in [0, 0.1) is 5.82 Å². The van der Waals surface area contributed by atoms with Gasteiger partial charge in [0.25, 0.3) is 0 Å². The Kier molecular flexibility index (Phi) is 3.50. The molecular weight excluding hydrogens is 244 g/mol. The van der Waals surface area contributed by atoms with Crippen LogP contribution < -0.4 is 0 Å². The van der Waals surface area contributed by atoms with Crippen LogP contribution in [0.25, 0.3) is 0 Å². The number of aliphatic carboxylic acids is 1. The Balaban J connectivity index is 3.12. The standard InChI is InChI=1S/C10H6F4O3/c11-8-5(4-7(15)9(16)17)2-1-3-6(8)10(12,13)14/h1-3H,4H2,(H,16,17). The maximum Gasteiger partial charge on any atom is 0.419 e. The highest BCUT2D eigenvalue weighted by molar-refractivity contribution is 6.33. The summed E-state index contributed by atoms with van der Waals surface area (Å²) in [4.78, 5) is 21.0. The van der Waals surface area contributed by atoms with E-state index in [1.807, 2.05) is 0 Å². The molecule has 1 N–H and O–H groups in total. The van der Waals surface area contributed by atoms with Crippen molar-refractivity contribution in [3.05, 3.63) is 35.1 Å². The highest BCUT2D eigenvalue weighted by Gasteiger charge is 2.35. The summed E-state index contributed by atoms with van der Waals surface area (Å²) in [5.41, 5.74) is -2.11. The summed E-state index contributed by atoms with van der Waals surface area (Å²) in [7, 11) is 0. The number of carbonyl (C=O) groups excluding carboxylic acids is 1. The number of benzene rings is 1. The van der Waals surface area contributed by atoms with Gasteiger partial charge in [-0.2, -0.15) is 13.2 Å². The molecule has 1 aromatic rings. The van der Waals surface area contributed by atoms with Crippen molar-refractivity contribution >= 4 is 11.8 Å². The maximum absolute atomic E-state index is 13.3. The normalized spacial score (nSPS) is 11.3. The Hall–Kier alpha value is -1.92. The Bertz CT molecular complexity index is 465. The van der Waals surface area contributed by atoms with Crippen molar-refractivity contribution in [2.75, 3.05) is 0 Å². The van der Waals surface area contributed by atoms with Gasteiger partial charge in [-0.1, -0.05) is 12.1 Å². The van der Waals surface area contributed by atoms with Crippen LogP contribution >= 0.6 is 0 Å². The molecule has 0 fully saturated rings. The van der Waals surface area contributed by atoms with Crippen LogP contribution in [0.15, 0.2) is 18.2 Å². The smallest absolute Gasteiger partial charge is 0.419 e. The molecule has 0 unspecified atom stereocenters. The summed E-state index contributed by atoms with van der Waals surface area (Å²) in [6.07, 6.45) is -5.79. The van der Waals surface area contributed by atoms with Gasteiger partial charge in [-0.15, -0.1) is 0 Å². The van der Waals surface area contributed by atoms with Crippen LogP contribution in [0.2, 0.25) is 0 Å². The van der Waals surface area contributed by atoms with Gasteiger partial charge in [0.2, 0.25) is 5.78 Å². The van der Waals surface area contributed by atoms with Crippen LogP contribution in [0.4, 0.5) is 17.6 Å². The molecular formula is C10H6F4O3. The molecule has 0 bridgehead atoms. The monoisotopic (exact) mass is 250 g/mol. The lowest BCUT2D eigenvalue weighted by Crippen LogP contribution is -2.17. The molecule has 7 heteroatoms. The largest absolute Gasteiger partial charge is 0.475 e.